The van der Waals surface area contributed by atoms with Crippen molar-refractivity contribution in [2.24, 2.45) is 4.99 Å². The Morgan fingerprint density at radius 3 is 2.76 bits per heavy atom. The zero-order chi connectivity index (χ0) is 15.2. The van der Waals surface area contributed by atoms with E-state index in [1.54, 1.807) is 30.6 Å². The second-order valence-corrected chi connectivity index (χ2v) is 6.89. The molecule has 0 saturated carbocycles. The fourth-order valence-corrected chi connectivity index (χ4v) is 3.03. The Hall–Kier alpha value is -1.44. The molecule has 1 aromatic heterocycles. The monoisotopic (exact) mass is 340 g/mol. The molecule has 2 aromatic rings. The van der Waals surface area contributed by atoms with Crippen molar-refractivity contribution in [3.05, 3.63) is 34.9 Å². The van der Waals surface area contributed by atoms with Gasteiger partial charge in [-0.05, 0) is 24.3 Å². The van der Waals surface area contributed by atoms with Crippen molar-refractivity contribution in [1.29, 1.82) is 0 Å². The Labute approximate surface area is 136 Å². The largest absolute Gasteiger partial charge is 0.369 e. The molecular formula is C13H13ClN4OS2. The highest BCUT2D eigenvalue weighted by molar-refractivity contribution is 8.01. The predicted molar refractivity (Wildman–Crippen MR) is 88.3 cm³/mol. The van der Waals surface area contributed by atoms with Gasteiger partial charge in [-0.2, -0.15) is 0 Å². The first-order chi connectivity index (χ1) is 10.0. The standard InChI is InChI=1S/C13H13ClN4OS2/c1-18(2)8-15-12-16-17-13(21-12)20-7-11(19)9-3-5-10(14)6-4-9/h3-6,8H,7H2,1-2H3. The van der Waals surface area contributed by atoms with E-state index >= 15 is 0 Å². The molecule has 0 fully saturated rings. The van der Waals surface area contributed by atoms with Crippen LogP contribution in [0.15, 0.2) is 33.6 Å². The van der Waals surface area contributed by atoms with Crippen molar-refractivity contribution in [2.75, 3.05) is 19.8 Å². The van der Waals surface area contributed by atoms with Crippen LogP contribution < -0.4 is 0 Å². The zero-order valence-corrected chi connectivity index (χ0v) is 13.9. The number of rotatable bonds is 6. The maximum absolute atomic E-state index is 12.0. The van der Waals surface area contributed by atoms with Crippen molar-refractivity contribution in [1.82, 2.24) is 15.1 Å². The smallest absolute Gasteiger partial charge is 0.233 e. The average Bonchev–Trinajstić information content (AvgIpc) is 2.91. The summed E-state index contributed by atoms with van der Waals surface area (Å²) in [6.07, 6.45) is 1.66. The minimum Gasteiger partial charge on any atom is -0.369 e. The van der Waals surface area contributed by atoms with Crippen LogP contribution in [0.5, 0.6) is 0 Å². The Kier molecular flexibility index (Phi) is 5.72. The number of thioether (sulfide) groups is 1. The lowest BCUT2D eigenvalue weighted by Gasteiger charge is -1.99. The van der Waals surface area contributed by atoms with Crippen molar-refractivity contribution >= 4 is 52.0 Å². The Balaban J connectivity index is 1.91. The van der Waals surface area contributed by atoms with Crippen molar-refractivity contribution in [3.63, 3.8) is 0 Å². The van der Waals surface area contributed by atoms with Gasteiger partial charge >= 0.3 is 0 Å². The Morgan fingerprint density at radius 2 is 2.10 bits per heavy atom. The average molecular weight is 341 g/mol. The summed E-state index contributed by atoms with van der Waals surface area (Å²) in [7, 11) is 3.76. The molecule has 0 radical (unpaired) electrons. The SMILES string of the molecule is CN(C)C=Nc1nnc(SCC(=O)c2ccc(Cl)cc2)s1. The van der Waals surface area contributed by atoms with Gasteiger partial charge in [-0.3, -0.25) is 4.79 Å². The number of benzene rings is 1. The molecule has 110 valence electrons. The lowest BCUT2D eigenvalue weighted by molar-refractivity contribution is 0.102. The molecular weight excluding hydrogens is 328 g/mol. The van der Waals surface area contributed by atoms with E-state index in [-0.39, 0.29) is 5.78 Å². The maximum Gasteiger partial charge on any atom is 0.233 e. The van der Waals surface area contributed by atoms with Crippen LogP contribution in [0.1, 0.15) is 10.4 Å². The van der Waals surface area contributed by atoms with Crippen LogP contribution in [0, 0.1) is 0 Å². The minimum absolute atomic E-state index is 0.0326. The van der Waals surface area contributed by atoms with Gasteiger partial charge in [0.25, 0.3) is 0 Å². The number of aromatic nitrogens is 2. The fourth-order valence-electron chi connectivity index (χ4n) is 1.32. The van der Waals surface area contributed by atoms with Gasteiger partial charge in [-0.1, -0.05) is 34.7 Å². The molecule has 0 bridgehead atoms. The molecule has 1 heterocycles. The molecule has 0 spiro atoms. The molecule has 0 aliphatic carbocycles. The van der Waals surface area contributed by atoms with E-state index in [0.29, 0.717) is 21.5 Å². The molecule has 0 saturated heterocycles. The summed E-state index contributed by atoms with van der Waals surface area (Å²) in [6.45, 7) is 0. The van der Waals surface area contributed by atoms with Crippen LogP contribution in [0.3, 0.4) is 0 Å². The highest BCUT2D eigenvalue weighted by Crippen LogP contribution is 2.27. The Morgan fingerprint density at radius 1 is 1.38 bits per heavy atom. The van der Waals surface area contributed by atoms with Crippen molar-refractivity contribution in [3.8, 4) is 0 Å². The quantitative estimate of drug-likeness (QED) is 0.349. The van der Waals surface area contributed by atoms with Crippen molar-refractivity contribution < 1.29 is 4.79 Å². The van der Waals surface area contributed by atoms with E-state index in [1.165, 1.54) is 23.1 Å². The van der Waals surface area contributed by atoms with Gasteiger partial charge in [0.15, 0.2) is 10.1 Å². The fraction of sp³-hybridized carbons (Fsp3) is 0.231. The van der Waals surface area contributed by atoms with E-state index in [4.69, 9.17) is 11.6 Å². The molecule has 21 heavy (non-hydrogen) atoms. The third-order valence-electron chi connectivity index (χ3n) is 2.29. The maximum atomic E-state index is 12.0. The van der Waals surface area contributed by atoms with Crippen LogP contribution in [-0.4, -0.2) is 47.1 Å². The number of carbonyl (C=O) groups excluding carboxylic acids is 1. The van der Waals surface area contributed by atoms with Gasteiger partial charge in [-0.15, -0.1) is 10.2 Å². The van der Waals surface area contributed by atoms with Gasteiger partial charge in [0.05, 0.1) is 12.1 Å². The molecule has 0 aliphatic rings. The summed E-state index contributed by atoms with van der Waals surface area (Å²) in [4.78, 5) is 18.0. The van der Waals surface area contributed by atoms with Gasteiger partial charge in [-0.25, -0.2) is 4.99 Å². The summed E-state index contributed by atoms with van der Waals surface area (Å²) in [6, 6.07) is 6.85. The first-order valence-corrected chi connectivity index (χ1v) is 8.18. The number of aliphatic imine (C=N–C) groups is 1. The summed E-state index contributed by atoms with van der Waals surface area (Å²) < 4.78 is 0.725. The van der Waals surface area contributed by atoms with Crippen LogP contribution in [0.4, 0.5) is 5.13 Å². The number of hydrogen-bond acceptors (Lipinski definition) is 6. The molecule has 0 unspecified atom stereocenters. The number of hydrogen-bond donors (Lipinski definition) is 0. The molecule has 5 nitrogen and oxygen atoms in total. The second kappa shape index (κ2) is 7.53. The third-order valence-corrected chi connectivity index (χ3v) is 4.50. The lowest BCUT2D eigenvalue weighted by atomic mass is 10.1. The molecule has 1 aromatic carbocycles. The topological polar surface area (TPSA) is 58.5 Å². The van der Waals surface area contributed by atoms with Crippen molar-refractivity contribution in [2.45, 2.75) is 4.34 Å². The summed E-state index contributed by atoms with van der Waals surface area (Å²) >= 11 is 8.51. The molecule has 0 aliphatic heterocycles. The number of carbonyl (C=O) groups is 1. The van der Waals surface area contributed by atoms with E-state index in [0.717, 1.165) is 4.34 Å². The molecule has 8 heteroatoms. The van der Waals surface area contributed by atoms with Gasteiger partial charge in [0.1, 0.15) is 0 Å². The molecule has 0 atom stereocenters. The van der Waals surface area contributed by atoms with Crippen LogP contribution in [0.25, 0.3) is 0 Å². The van der Waals surface area contributed by atoms with E-state index in [2.05, 4.69) is 15.2 Å². The normalized spacial score (nSPS) is 11.0. The van der Waals surface area contributed by atoms with Crippen LogP contribution >= 0.6 is 34.7 Å². The minimum atomic E-state index is 0.0326. The number of ketones is 1. The van der Waals surface area contributed by atoms with Crippen LogP contribution in [-0.2, 0) is 0 Å². The van der Waals surface area contributed by atoms with Gasteiger partial charge < -0.3 is 4.90 Å². The molecule has 0 N–H and O–H groups in total. The highest BCUT2D eigenvalue weighted by atomic mass is 35.5. The van der Waals surface area contributed by atoms with Gasteiger partial charge in [0.2, 0.25) is 5.13 Å². The Bertz CT molecular complexity index is 640. The van der Waals surface area contributed by atoms with E-state index in [9.17, 15) is 4.79 Å². The first kappa shape index (κ1) is 15.9. The summed E-state index contributed by atoms with van der Waals surface area (Å²) in [5, 5.41) is 9.14. The first-order valence-electron chi connectivity index (χ1n) is 6.00. The molecule has 2 rings (SSSR count). The van der Waals surface area contributed by atoms with E-state index in [1.807, 2.05) is 19.0 Å². The highest BCUT2D eigenvalue weighted by Gasteiger charge is 2.09. The second-order valence-electron chi connectivity index (χ2n) is 4.28. The number of nitrogens with zero attached hydrogens (tertiary/aromatic N) is 4. The summed E-state index contributed by atoms with van der Waals surface area (Å²) in [5.74, 6) is 0.346. The van der Waals surface area contributed by atoms with Crippen LogP contribution in [0.2, 0.25) is 5.02 Å². The predicted octanol–water partition coefficient (Wildman–Crippen LogP) is 3.39. The lowest BCUT2D eigenvalue weighted by Crippen LogP contribution is -2.06. The molecule has 0 amide bonds. The zero-order valence-electron chi connectivity index (χ0n) is 11.5. The van der Waals surface area contributed by atoms with E-state index < -0.39 is 0 Å². The number of Topliss-reactive ketones (excluding diaryl/α,β-unsaturated/α-hetero) is 1. The summed E-state index contributed by atoms with van der Waals surface area (Å²) in [5.41, 5.74) is 0.641. The van der Waals surface area contributed by atoms with Gasteiger partial charge in [0, 0.05) is 24.7 Å². The third kappa shape index (κ3) is 5.11. The number of halogens is 1.